The van der Waals surface area contributed by atoms with Crippen LogP contribution in [0.4, 0.5) is 11.4 Å². The minimum atomic E-state index is -0.107. The zero-order valence-electron chi connectivity index (χ0n) is 11.4. The van der Waals surface area contributed by atoms with Crippen molar-refractivity contribution in [1.82, 2.24) is 4.90 Å². The van der Waals surface area contributed by atoms with Crippen LogP contribution in [0.5, 0.6) is 0 Å². The Bertz CT molecular complexity index is 452. The van der Waals surface area contributed by atoms with Crippen LogP contribution < -0.4 is 11.1 Å². The molecular formula is C14H21N3OS. The van der Waals surface area contributed by atoms with Crippen molar-refractivity contribution in [3.63, 3.8) is 0 Å². The molecule has 2 unspecified atom stereocenters. The molecule has 4 nitrogen and oxygen atoms in total. The Morgan fingerprint density at radius 2 is 2.37 bits per heavy atom. The fourth-order valence-corrected chi connectivity index (χ4v) is 3.27. The topological polar surface area (TPSA) is 58.4 Å². The molecule has 19 heavy (non-hydrogen) atoms. The Hall–Kier alpha value is -1.20. The third-order valence-corrected chi connectivity index (χ3v) is 4.49. The number of amides is 1. The standard InChI is InChI=1S/C14H21N3OS/c1-10-9-17(6-7-19-10)11(2)14(18)16-13-5-3-4-12(15)8-13/h3-5,8,10-11H,6-7,9,15H2,1-2H3,(H,16,18). The maximum atomic E-state index is 12.2. The number of carbonyl (C=O) groups is 1. The molecule has 3 N–H and O–H groups in total. The zero-order chi connectivity index (χ0) is 13.8. The third-order valence-electron chi connectivity index (χ3n) is 3.35. The molecule has 1 amide bonds. The van der Waals surface area contributed by atoms with E-state index in [4.69, 9.17) is 5.73 Å². The van der Waals surface area contributed by atoms with E-state index < -0.39 is 0 Å². The molecular weight excluding hydrogens is 258 g/mol. The summed E-state index contributed by atoms with van der Waals surface area (Å²) in [6.45, 7) is 6.11. The van der Waals surface area contributed by atoms with Crippen LogP contribution in [0, 0.1) is 0 Å². The highest BCUT2D eigenvalue weighted by atomic mass is 32.2. The summed E-state index contributed by atoms with van der Waals surface area (Å²) in [7, 11) is 0. The first-order valence-electron chi connectivity index (χ1n) is 6.58. The molecule has 1 aliphatic rings. The van der Waals surface area contributed by atoms with Crippen LogP contribution in [0.3, 0.4) is 0 Å². The number of nitrogens with one attached hydrogen (secondary N) is 1. The van der Waals surface area contributed by atoms with Gasteiger partial charge in [-0.25, -0.2) is 0 Å². The molecule has 2 rings (SSSR count). The molecule has 1 saturated heterocycles. The van der Waals surface area contributed by atoms with Gasteiger partial charge in [0.15, 0.2) is 0 Å². The molecule has 0 radical (unpaired) electrons. The lowest BCUT2D eigenvalue weighted by molar-refractivity contribution is -0.120. The van der Waals surface area contributed by atoms with Gasteiger partial charge >= 0.3 is 0 Å². The van der Waals surface area contributed by atoms with E-state index in [1.54, 1.807) is 6.07 Å². The van der Waals surface area contributed by atoms with Crippen LogP contribution >= 0.6 is 11.8 Å². The molecule has 1 fully saturated rings. The van der Waals surface area contributed by atoms with Crippen LogP contribution in [-0.2, 0) is 4.79 Å². The minimum Gasteiger partial charge on any atom is -0.399 e. The highest BCUT2D eigenvalue weighted by Crippen LogP contribution is 2.20. The summed E-state index contributed by atoms with van der Waals surface area (Å²) in [5.41, 5.74) is 7.13. The summed E-state index contributed by atoms with van der Waals surface area (Å²) < 4.78 is 0. The number of hydrogen-bond acceptors (Lipinski definition) is 4. The van der Waals surface area contributed by atoms with Crippen molar-refractivity contribution in [3.8, 4) is 0 Å². The van der Waals surface area contributed by atoms with Gasteiger partial charge in [0, 0.05) is 35.5 Å². The minimum absolute atomic E-state index is 0.0321. The number of nitrogens with zero attached hydrogens (tertiary/aromatic N) is 1. The molecule has 0 aromatic heterocycles. The van der Waals surface area contributed by atoms with Gasteiger partial charge < -0.3 is 11.1 Å². The molecule has 0 bridgehead atoms. The first-order chi connectivity index (χ1) is 9.06. The number of hydrogen-bond donors (Lipinski definition) is 2. The van der Waals surface area contributed by atoms with Crippen LogP contribution in [0.2, 0.25) is 0 Å². The summed E-state index contributed by atoms with van der Waals surface area (Å²) in [5.74, 6) is 1.13. The molecule has 1 aromatic rings. The summed E-state index contributed by atoms with van der Waals surface area (Å²) in [6.07, 6.45) is 0. The van der Waals surface area contributed by atoms with Gasteiger partial charge in [0.05, 0.1) is 6.04 Å². The van der Waals surface area contributed by atoms with E-state index in [1.807, 2.05) is 36.9 Å². The summed E-state index contributed by atoms with van der Waals surface area (Å²) in [6, 6.07) is 7.18. The van der Waals surface area contributed by atoms with Gasteiger partial charge in [-0.15, -0.1) is 0 Å². The number of rotatable bonds is 3. The molecule has 104 valence electrons. The molecule has 1 heterocycles. The predicted molar refractivity (Wildman–Crippen MR) is 82.4 cm³/mol. The van der Waals surface area contributed by atoms with Crippen LogP contribution in [-0.4, -0.2) is 40.9 Å². The maximum Gasteiger partial charge on any atom is 0.241 e. The average Bonchev–Trinajstić information content (AvgIpc) is 2.38. The van der Waals surface area contributed by atoms with Crippen molar-refractivity contribution in [2.45, 2.75) is 25.1 Å². The normalized spacial score (nSPS) is 21.9. The number of thioether (sulfide) groups is 1. The summed E-state index contributed by atoms with van der Waals surface area (Å²) in [5, 5.41) is 3.52. The predicted octanol–water partition coefficient (Wildman–Crippen LogP) is 2.03. The quantitative estimate of drug-likeness (QED) is 0.831. The van der Waals surface area contributed by atoms with Gasteiger partial charge in [0.2, 0.25) is 5.91 Å². The Labute approximate surface area is 118 Å². The van der Waals surface area contributed by atoms with Gasteiger partial charge in [-0.05, 0) is 25.1 Å². The largest absolute Gasteiger partial charge is 0.399 e. The second kappa shape index (κ2) is 6.30. The van der Waals surface area contributed by atoms with Crippen molar-refractivity contribution in [2.75, 3.05) is 29.9 Å². The van der Waals surface area contributed by atoms with Crippen LogP contribution in [0.1, 0.15) is 13.8 Å². The van der Waals surface area contributed by atoms with Crippen molar-refractivity contribution < 1.29 is 4.79 Å². The van der Waals surface area contributed by atoms with Crippen LogP contribution in [0.15, 0.2) is 24.3 Å². The molecule has 2 atom stereocenters. The van der Waals surface area contributed by atoms with E-state index in [0.717, 1.165) is 24.5 Å². The third kappa shape index (κ3) is 3.88. The van der Waals surface area contributed by atoms with E-state index in [2.05, 4.69) is 17.1 Å². The number of anilines is 2. The van der Waals surface area contributed by atoms with Gasteiger partial charge in [-0.2, -0.15) is 11.8 Å². The van der Waals surface area contributed by atoms with Gasteiger partial charge in [0.25, 0.3) is 0 Å². The van der Waals surface area contributed by atoms with Crippen molar-refractivity contribution in [1.29, 1.82) is 0 Å². The Kier molecular flexibility index (Phi) is 4.71. The lowest BCUT2D eigenvalue weighted by Crippen LogP contribution is -2.47. The molecule has 0 spiro atoms. The Balaban J connectivity index is 1.95. The summed E-state index contributed by atoms with van der Waals surface area (Å²) >= 11 is 1.97. The Morgan fingerprint density at radius 3 is 3.05 bits per heavy atom. The van der Waals surface area contributed by atoms with E-state index in [0.29, 0.717) is 10.9 Å². The second-order valence-corrected chi connectivity index (χ2v) is 6.51. The van der Waals surface area contributed by atoms with E-state index in [-0.39, 0.29) is 11.9 Å². The first-order valence-corrected chi connectivity index (χ1v) is 7.63. The zero-order valence-corrected chi connectivity index (χ0v) is 12.2. The highest BCUT2D eigenvalue weighted by Gasteiger charge is 2.25. The van der Waals surface area contributed by atoms with E-state index >= 15 is 0 Å². The monoisotopic (exact) mass is 279 g/mol. The number of nitrogen functional groups attached to an aromatic ring is 1. The molecule has 1 aliphatic heterocycles. The van der Waals surface area contributed by atoms with E-state index in [1.165, 1.54) is 0 Å². The Morgan fingerprint density at radius 1 is 1.58 bits per heavy atom. The van der Waals surface area contributed by atoms with Crippen molar-refractivity contribution in [3.05, 3.63) is 24.3 Å². The first kappa shape index (κ1) is 14.2. The van der Waals surface area contributed by atoms with Crippen molar-refractivity contribution in [2.24, 2.45) is 0 Å². The fraction of sp³-hybridized carbons (Fsp3) is 0.500. The maximum absolute atomic E-state index is 12.2. The molecule has 5 heteroatoms. The van der Waals surface area contributed by atoms with Gasteiger partial charge in [0.1, 0.15) is 0 Å². The second-order valence-electron chi connectivity index (χ2n) is 4.97. The lowest BCUT2D eigenvalue weighted by Gasteiger charge is -2.34. The van der Waals surface area contributed by atoms with Gasteiger partial charge in [-0.3, -0.25) is 9.69 Å². The van der Waals surface area contributed by atoms with Gasteiger partial charge in [-0.1, -0.05) is 13.0 Å². The molecule has 1 aromatic carbocycles. The van der Waals surface area contributed by atoms with Crippen LogP contribution in [0.25, 0.3) is 0 Å². The molecule has 0 aliphatic carbocycles. The smallest absolute Gasteiger partial charge is 0.241 e. The number of nitrogens with two attached hydrogens (primary N) is 1. The highest BCUT2D eigenvalue weighted by molar-refractivity contribution is 7.99. The lowest BCUT2D eigenvalue weighted by atomic mass is 10.2. The number of carbonyl (C=O) groups excluding carboxylic acids is 1. The number of benzene rings is 1. The molecule has 0 saturated carbocycles. The summed E-state index contributed by atoms with van der Waals surface area (Å²) in [4.78, 5) is 14.5. The fourth-order valence-electron chi connectivity index (χ4n) is 2.23. The average molecular weight is 279 g/mol. The SMILES string of the molecule is CC1CN(C(C)C(=O)Nc2cccc(N)c2)CCS1. The van der Waals surface area contributed by atoms with Crippen molar-refractivity contribution >= 4 is 29.0 Å². The van der Waals surface area contributed by atoms with E-state index in [9.17, 15) is 4.79 Å².